The molecule has 0 unspecified atom stereocenters. The van der Waals surface area contributed by atoms with E-state index in [-0.39, 0.29) is 5.69 Å². The van der Waals surface area contributed by atoms with Gasteiger partial charge in [0.15, 0.2) is 0 Å². The summed E-state index contributed by atoms with van der Waals surface area (Å²) in [6.45, 7) is 0. The van der Waals surface area contributed by atoms with Gasteiger partial charge in [-0.3, -0.25) is 15.5 Å². The third kappa shape index (κ3) is 5.48. The molecule has 0 fully saturated rings. The minimum Gasteiger partial charge on any atom is -0.457 e. The van der Waals surface area contributed by atoms with Crippen molar-refractivity contribution in [3.63, 3.8) is 0 Å². The number of ether oxygens (including phenoxy) is 1. The molecule has 6 nitrogen and oxygen atoms in total. The molecule has 0 aliphatic heterocycles. The second kappa shape index (κ2) is 8.83. The summed E-state index contributed by atoms with van der Waals surface area (Å²) in [6, 6.07) is 15.7. The topological polar surface area (TPSA) is 76.8 Å². The van der Waals surface area contributed by atoms with Gasteiger partial charge in [-0.05, 0) is 54.1 Å². The SMILES string of the molecule is O=[N+]([O-])c1cc(C(F)(F)F)ccc1N/N=C\c1cccc(Oc2ccc(Cl)cc2)c1. The van der Waals surface area contributed by atoms with Crippen LogP contribution < -0.4 is 10.2 Å². The predicted molar refractivity (Wildman–Crippen MR) is 107 cm³/mol. The lowest BCUT2D eigenvalue weighted by atomic mass is 10.1. The number of hydrogen-bond donors (Lipinski definition) is 1. The maximum absolute atomic E-state index is 12.8. The third-order valence-corrected chi connectivity index (χ3v) is 4.08. The molecule has 0 amide bonds. The first-order valence-electron chi connectivity index (χ1n) is 8.40. The van der Waals surface area contributed by atoms with E-state index in [9.17, 15) is 23.3 Å². The van der Waals surface area contributed by atoms with Gasteiger partial charge in [-0.2, -0.15) is 18.3 Å². The fourth-order valence-corrected chi connectivity index (χ4v) is 2.55. The van der Waals surface area contributed by atoms with Gasteiger partial charge < -0.3 is 4.74 Å². The van der Waals surface area contributed by atoms with Crippen LogP contribution in [-0.4, -0.2) is 11.1 Å². The Kier molecular flexibility index (Phi) is 6.22. The van der Waals surface area contributed by atoms with Crippen molar-refractivity contribution >= 4 is 29.2 Å². The van der Waals surface area contributed by atoms with Crippen LogP contribution in [0.4, 0.5) is 24.5 Å². The lowest BCUT2D eigenvalue weighted by Crippen LogP contribution is -2.06. The van der Waals surface area contributed by atoms with E-state index in [1.165, 1.54) is 6.21 Å². The third-order valence-electron chi connectivity index (χ3n) is 3.83. The number of hydrogen-bond acceptors (Lipinski definition) is 5. The number of benzene rings is 3. The first kappa shape index (κ1) is 21.1. The van der Waals surface area contributed by atoms with E-state index in [4.69, 9.17) is 16.3 Å². The summed E-state index contributed by atoms with van der Waals surface area (Å²) in [5, 5.41) is 15.5. The van der Waals surface area contributed by atoms with Crippen LogP contribution in [0.15, 0.2) is 71.8 Å². The van der Waals surface area contributed by atoms with Crippen LogP contribution in [0.25, 0.3) is 0 Å². The van der Waals surface area contributed by atoms with Crippen LogP contribution in [0, 0.1) is 10.1 Å². The Morgan fingerprint density at radius 1 is 1.03 bits per heavy atom. The highest BCUT2D eigenvalue weighted by molar-refractivity contribution is 6.30. The fraction of sp³-hybridized carbons (Fsp3) is 0.0500. The normalized spacial score (nSPS) is 11.5. The van der Waals surface area contributed by atoms with Gasteiger partial charge in [0.1, 0.15) is 17.2 Å². The summed E-state index contributed by atoms with van der Waals surface area (Å²) < 4.78 is 44.0. The van der Waals surface area contributed by atoms with Crippen LogP contribution in [0.1, 0.15) is 11.1 Å². The van der Waals surface area contributed by atoms with Gasteiger partial charge >= 0.3 is 6.18 Å². The van der Waals surface area contributed by atoms with Crippen LogP contribution >= 0.6 is 11.6 Å². The lowest BCUT2D eigenvalue weighted by molar-refractivity contribution is -0.384. The molecule has 0 heterocycles. The van der Waals surface area contributed by atoms with Gasteiger partial charge in [0.25, 0.3) is 5.69 Å². The number of nitrogens with zero attached hydrogens (tertiary/aromatic N) is 2. The molecule has 1 N–H and O–H groups in total. The minimum absolute atomic E-state index is 0.169. The molecule has 0 saturated heterocycles. The molecular weight excluding hydrogens is 423 g/mol. The van der Waals surface area contributed by atoms with Crippen LogP contribution in [0.2, 0.25) is 5.02 Å². The minimum atomic E-state index is -4.68. The maximum Gasteiger partial charge on any atom is 0.416 e. The first-order chi connectivity index (χ1) is 14.2. The van der Waals surface area contributed by atoms with E-state index in [1.54, 1.807) is 48.5 Å². The smallest absolute Gasteiger partial charge is 0.416 e. The van der Waals surface area contributed by atoms with E-state index in [0.717, 1.165) is 12.1 Å². The quantitative estimate of drug-likeness (QED) is 0.272. The van der Waals surface area contributed by atoms with Crippen molar-refractivity contribution in [3.8, 4) is 11.5 Å². The maximum atomic E-state index is 12.8. The molecule has 3 aromatic carbocycles. The summed E-state index contributed by atoms with van der Waals surface area (Å²) >= 11 is 5.83. The Balaban J connectivity index is 1.74. The average molecular weight is 436 g/mol. The highest BCUT2D eigenvalue weighted by atomic mass is 35.5. The first-order valence-corrected chi connectivity index (χ1v) is 8.78. The Labute approximate surface area is 173 Å². The molecule has 0 bridgehead atoms. The van der Waals surface area contributed by atoms with Crippen molar-refractivity contribution < 1.29 is 22.8 Å². The van der Waals surface area contributed by atoms with Crippen molar-refractivity contribution in [2.45, 2.75) is 6.18 Å². The highest BCUT2D eigenvalue weighted by Gasteiger charge is 2.33. The van der Waals surface area contributed by atoms with Gasteiger partial charge in [-0.1, -0.05) is 23.7 Å². The van der Waals surface area contributed by atoms with E-state index in [1.807, 2.05) is 0 Å². The fourth-order valence-electron chi connectivity index (χ4n) is 2.43. The molecule has 0 radical (unpaired) electrons. The standard InChI is InChI=1S/C20H13ClF3N3O3/c21-15-5-7-16(8-6-15)30-17-3-1-2-13(10-17)12-25-26-18-9-4-14(20(22,23)24)11-19(18)27(28)29/h1-12,26H/b25-12-. The summed E-state index contributed by atoms with van der Waals surface area (Å²) in [5.74, 6) is 1.09. The molecule has 0 aliphatic rings. The monoisotopic (exact) mass is 435 g/mol. The number of hydrazone groups is 1. The Morgan fingerprint density at radius 3 is 2.43 bits per heavy atom. The van der Waals surface area contributed by atoms with Crippen molar-refractivity contribution in [1.29, 1.82) is 0 Å². The molecule has 0 aromatic heterocycles. The van der Waals surface area contributed by atoms with Crippen LogP contribution in [0.5, 0.6) is 11.5 Å². The predicted octanol–water partition coefficient (Wildman–Crippen LogP) is 6.51. The van der Waals surface area contributed by atoms with Gasteiger partial charge in [0, 0.05) is 11.1 Å². The molecule has 10 heteroatoms. The number of anilines is 1. The summed E-state index contributed by atoms with van der Waals surface area (Å²) in [5.41, 5.74) is 0.984. The summed E-state index contributed by atoms with van der Waals surface area (Å²) in [7, 11) is 0. The van der Waals surface area contributed by atoms with Crippen molar-refractivity contribution in [1.82, 2.24) is 0 Å². The van der Waals surface area contributed by atoms with Crippen molar-refractivity contribution in [2.75, 3.05) is 5.43 Å². The van der Waals surface area contributed by atoms with Crippen LogP contribution in [-0.2, 0) is 6.18 Å². The molecule has 0 aliphatic carbocycles. The van der Waals surface area contributed by atoms with Gasteiger partial charge in [0.05, 0.1) is 16.7 Å². The Bertz CT molecular complexity index is 1090. The zero-order valence-corrected chi connectivity index (χ0v) is 15.8. The molecule has 154 valence electrons. The largest absolute Gasteiger partial charge is 0.457 e. The molecule has 30 heavy (non-hydrogen) atoms. The number of nitrogens with one attached hydrogen (secondary N) is 1. The molecule has 3 rings (SSSR count). The second-order valence-corrected chi connectivity index (χ2v) is 6.42. The zero-order valence-electron chi connectivity index (χ0n) is 15.1. The molecule has 0 atom stereocenters. The summed E-state index contributed by atoms with van der Waals surface area (Å²) in [4.78, 5) is 10.2. The molecule has 3 aromatic rings. The van der Waals surface area contributed by atoms with Crippen molar-refractivity contribution in [3.05, 3.63) is 93.0 Å². The second-order valence-electron chi connectivity index (χ2n) is 5.99. The highest BCUT2D eigenvalue weighted by Crippen LogP contribution is 2.35. The average Bonchev–Trinajstić information content (AvgIpc) is 2.69. The molecule has 0 saturated carbocycles. The van der Waals surface area contributed by atoms with Gasteiger partial charge in [0.2, 0.25) is 0 Å². The van der Waals surface area contributed by atoms with Crippen LogP contribution in [0.3, 0.4) is 0 Å². The number of alkyl halides is 3. The van der Waals surface area contributed by atoms with Gasteiger partial charge in [-0.25, -0.2) is 0 Å². The van der Waals surface area contributed by atoms with E-state index >= 15 is 0 Å². The number of rotatable bonds is 6. The van der Waals surface area contributed by atoms with Gasteiger partial charge in [-0.15, -0.1) is 0 Å². The number of nitro groups is 1. The summed E-state index contributed by atoms with van der Waals surface area (Å²) in [6.07, 6.45) is -3.33. The van der Waals surface area contributed by atoms with E-state index in [2.05, 4.69) is 10.5 Å². The molecular formula is C20H13ClF3N3O3. The number of nitro benzene ring substituents is 1. The lowest BCUT2D eigenvalue weighted by Gasteiger charge is -2.08. The van der Waals surface area contributed by atoms with Crippen molar-refractivity contribution in [2.24, 2.45) is 5.10 Å². The van der Waals surface area contributed by atoms with E-state index < -0.39 is 22.4 Å². The zero-order chi connectivity index (χ0) is 21.7. The Morgan fingerprint density at radius 2 is 1.77 bits per heavy atom. The van der Waals surface area contributed by atoms with E-state index in [0.29, 0.717) is 28.2 Å². The molecule has 0 spiro atoms. The Hall–Kier alpha value is -3.59. The number of halogens is 4.